The van der Waals surface area contributed by atoms with Crippen molar-refractivity contribution in [2.75, 3.05) is 12.4 Å². The SMILES string of the molecule is COc1cc(C)ccc1NCc1ccsc1. The number of thiophene rings is 1. The van der Waals surface area contributed by atoms with E-state index in [4.69, 9.17) is 4.74 Å². The van der Waals surface area contributed by atoms with Crippen molar-refractivity contribution < 1.29 is 4.74 Å². The Labute approximate surface area is 99.9 Å². The molecule has 2 nitrogen and oxygen atoms in total. The Morgan fingerprint density at radius 3 is 2.88 bits per heavy atom. The zero-order valence-electron chi connectivity index (χ0n) is 9.49. The van der Waals surface area contributed by atoms with Gasteiger partial charge in [0.05, 0.1) is 12.8 Å². The third kappa shape index (κ3) is 2.55. The van der Waals surface area contributed by atoms with Crippen LogP contribution < -0.4 is 10.1 Å². The van der Waals surface area contributed by atoms with Crippen LogP contribution in [-0.4, -0.2) is 7.11 Å². The fourth-order valence-corrected chi connectivity index (χ4v) is 2.20. The lowest BCUT2D eigenvalue weighted by Gasteiger charge is -2.11. The Morgan fingerprint density at radius 1 is 1.31 bits per heavy atom. The molecule has 0 saturated heterocycles. The quantitative estimate of drug-likeness (QED) is 0.869. The van der Waals surface area contributed by atoms with Gasteiger partial charge >= 0.3 is 0 Å². The third-order valence-corrected chi connectivity index (χ3v) is 3.15. The van der Waals surface area contributed by atoms with Crippen molar-refractivity contribution in [1.29, 1.82) is 0 Å². The highest BCUT2D eigenvalue weighted by atomic mass is 32.1. The van der Waals surface area contributed by atoms with Gasteiger partial charge in [-0.25, -0.2) is 0 Å². The van der Waals surface area contributed by atoms with Crippen molar-refractivity contribution in [3.8, 4) is 5.75 Å². The Morgan fingerprint density at radius 2 is 2.19 bits per heavy atom. The second-order valence-corrected chi connectivity index (χ2v) is 4.47. The van der Waals surface area contributed by atoms with Crippen molar-refractivity contribution in [1.82, 2.24) is 0 Å². The second kappa shape index (κ2) is 5.03. The fourth-order valence-electron chi connectivity index (χ4n) is 1.54. The maximum atomic E-state index is 5.34. The molecule has 2 rings (SSSR count). The summed E-state index contributed by atoms with van der Waals surface area (Å²) in [4.78, 5) is 0. The van der Waals surface area contributed by atoms with Crippen molar-refractivity contribution in [3.63, 3.8) is 0 Å². The lowest BCUT2D eigenvalue weighted by molar-refractivity contribution is 0.416. The van der Waals surface area contributed by atoms with Gasteiger partial charge in [0.25, 0.3) is 0 Å². The minimum atomic E-state index is 0.836. The molecular weight excluding hydrogens is 218 g/mol. The number of rotatable bonds is 4. The van der Waals surface area contributed by atoms with E-state index < -0.39 is 0 Å². The molecule has 1 N–H and O–H groups in total. The molecule has 0 aliphatic heterocycles. The minimum Gasteiger partial charge on any atom is -0.495 e. The van der Waals surface area contributed by atoms with E-state index in [2.05, 4.69) is 41.2 Å². The molecular formula is C13H15NOS. The van der Waals surface area contributed by atoms with Crippen LogP contribution in [0.5, 0.6) is 5.75 Å². The third-order valence-electron chi connectivity index (χ3n) is 2.42. The molecule has 0 unspecified atom stereocenters. The van der Waals surface area contributed by atoms with E-state index in [1.165, 1.54) is 11.1 Å². The van der Waals surface area contributed by atoms with Crippen molar-refractivity contribution in [2.24, 2.45) is 0 Å². The zero-order valence-corrected chi connectivity index (χ0v) is 10.3. The Balaban J connectivity index is 2.09. The van der Waals surface area contributed by atoms with Crippen LogP contribution in [0.2, 0.25) is 0 Å². The summed E-state index contributed by atoms with van der Waals surface area (Å²) in [6, 6.07) is 8.30. The van der Waals surface area contributed by atoms with Crippen molar-refractivity contribution in [3.05, 3.63) is 46.2 Å². The zero-order chi connectivity index (χ0) is 11.4. The van der Waals surface area contributed by atoms with Gasteiger partial charge in [-0.1, -0.05) is 6.07 Å². The van der Waals surface area contributed by atoms with Gasteiger partial charge in [-0.15, -0.1) is 0 Å². The van der Waals surface area contributed by atoms with Gasteiger partial charge in [0.2, 0.25) is 0 Å². The molecule has 0 amide bonds. The van der Waals surface area contributed by atoms with Gasteiger partial charge in [0.15, 0.2) is 0 Å². The summed E-state index contributed by atoms with van der Waals surface area (Å²) >= 11 is 1.72. The summed E-state index contributed by atoms with van der Waals surface area (Å²) < 4.78 is 5.34. The summed E-state index contributed by atoms with van der Waals surface area (Å²) in [6.45, 7) is 2.90. The molecule has 0 saturated carbocycles. The molecule has 0 atom stereocenters. The molecule has 1 aromatic carbocycles. The van der Waals surface area contributed by atoms with Gasteiger partial charge in [0.1, 0.15) is 5.75 Å². The van der Waals surface area contributed by atoms with E-state index in [1.807, 2.05) is 6.07 Å². The molecule has 0 aliphatic rings. The maximum Gasteiger partial charge on any atom is 0.142 e. The molecule has 0 bridgehead atoms. The van der Waals surface area contributed by atoms with E-state index in [0.717, 1.165) is 18.0 Å². The predicted octanol–water partition coefficient (Wildman–Crippen LogP) is 3.68. The number of methoxy groups -OCH3 is 1. The first-order chi connectivity index (χ1) is 7.79. The second-order valence-electron chi connectivity index (χ2n) is 3.69. The van der Waals surface area contributed by atoms with Crippen LogP contribution in [0.25, 0.3) is 0 Å². The van der Waals surface area contributed by atoms with Crippen LogP contribution in [-0.2, 0) is 6.54 Å². The molecule has 3 heteroatoms. The average molecular weight is 233 g/mol. The minimum absolute atomic E-state index is 0.836. The number of hydrogen-bond acceptors (Lipinski definition) is 3. The fraction of sp³-hybridized carbons (Fsp3) is 0.231. The summed E-state index contributed by atoms with van der Waals surface area (Å²) in [6.07, 6.45) is 0. The Hall–Kier alpha value is -1.48. The monoisotopic (exact) mass is 233 g/mol. The van der Waals surface area contributed by atoms with Crippen molar-refractivity contribution >= 4 is 17.0 Å². The normalized spacial score (nSPS) is 10.1. The van der Waals surface area contributed by atoms with Crippen LogP contribution in [0.15, 0.2) is 35.0 Å². The molecule has 1 heterocycles. The van der Waals surface area contributed by atoms with E-state index in [9.17, 15) is 0 Å². The van der Waals surface area contributed by atoms with Gasteiger partial charge in [-0.2, -0.15) is 11.3 Å². The van der Waals surface area contributed by atoms with E-state index in [-0.39, 0.29) is 0 Å². The van der Waals surface area contributed by atoms with Gasteiger partial charge in [0, 0.05) is 6.54 Å². The number of nitrogens with one attached hydrogen (secondary N) is 1. The topological polar surface area (TPSA) is 21.3 Å². The Bertz CT molecular complexity index is 451. The summed E-state index contributed by atoms with van der Waals surface area (Å²) in [5.74, 6) is 0.898. The highest BCUT2D eigenvalue weighted by Crippen LogP contribution is 2.25. The molecule has 84 valence electrons. The van der Waals surface area contributed by atoms with Crippen molar-refractivity contribution in [2.45, 2.75) is 13.5 Å². The molecule has 0 aliphatic carbocycles. The van der Waals surface area contributed by atoms with Crippen LogP contribution in [0.1, 0.15) is 11.1 Å². The first-order valence-corrected chi connectivity index (χ1v) is 6.13. The van der Waals surface area contributed by atoms with Crippen LogP contribution in [0.4, 0.5) is 5.69 Å². The number of anilines is 1. The standard InChI is InChI=1S/C13H15NOS/c1-10-3-4-12(13(7-10)15-2)14-8-11-5-6-16-9-11/h3-7,9,14H,8H2,1-2H3. The van der Waals surface area contributed by atoms with Crippen LogP contribution >= 0.6 is 11.3 Å². The molecule has 1 aromatic heterocycles. The predicted molar refractivity (Wildman–Crippen MR) is 69.4 cm³/mol. The molecule has 2 aromatic rings. The summed E-state index contributed by atoms with van der Waals surface area (Å²) in [5.41, 5.74) is 3.55. The highest BCUT2D eigenvalue weighted by Gasteiger charge is 2.02. The molecule has 0 fully saturated rings. The number of aryl methyl sites for hydroxylation is 1. The molecule has 0 spiro atoms. The number of ether oxygens (including phenoxy) is 1. The maximum absolute atomic E-state index is 5.34. The number of hydrogen-bond donors (Lipinski definition) is 1. The van der Waals surface area contributed by atoms with Gasteiger partial charge in [-0.3, -0.25) is 0 Å². The lowest BCUT2D eigenvalue weighted by atomic mass is 10.2. The molecule has 0 radical (unpaired) electrons. The van der Waals surface area contributed by atoms with Crippen LogP contribution in [0, 0.1) is 6.92 Å². The van der Waals surface area contributed by atoms with E-state index in [0.29, 0.717) is 0 Å². The largest absolute Gasteiger partial charge is 0.495 e. The Kier molecular flexibility index (Phi) is 3.47. The number of benzene rings is 1. The van der Waals surface area contributed by atoms with E-state index in [1.54, 1.807) is 18.4 Å². The molecule has 16 heavy (non-hydrogen) atoms. The average Bonchev–Trinajstić information content (AvgIpc) is 2.80. The smallest absolute Gasteiger partial charge is 0.142 e. The van der Waals surface area contributed by atoms with Crippen LogP contribution in [0.3, 0.4) is 0 Å². The van der Waals surface area contributed by atoms with Gasteiger partial charge < -0.3 is 10.1 Å². The lowest BCUT2D eigenvalue weighted by Crippen LogP contribution is -2.00. The highest BCUT2D eigenvalue weighted by molar-refractivity contribution is 7.07. The first-order valence-electron chi connectivity index (χ1n) is 5.19. The first kappa shape index (κ1) is 11.0. The van der Waals surface area contributed by atoms with Gasteiger partial charge in [-0.05, 0) is 47.0 Å². The summed E-state index contributed by atoms with van der Waals surface area (Å²) in [7, 11) is 1.70. The van der Waals surface area contributed by atoms with E-state index >= 15 is 0 Å². The summed E-state index contributed by atoms with van der Waals surface area (Å²) in [5, 5.41) is 7.61.